The van der Waals surface area contributed by atoms with Gasteiger partial charge in [-0.05, 0) is 52.7 Å². The smallest absolute Gasteiger partial charge is 0.212 e. The van der Waals surface area contributed by atoms with Gasteiger partial charge in [0, 0.05) is 18.1 Å². The predicted molar refractivity (Wildman–Crippen MR) is 85.7 cm³/mol. The van der Waals surface area contributed by atoms with Crippen molar-refractivity contribution in [2.24, 2.45) is 0 Å². The third-order valence-corrected chi connectivity index (χ3v) is 3.78. The van der Waals surface area contributed by atoms with Crippen molar-refractivity contribution < 1.29 is 4.39 Å². The van der Waals surface area contributed by atoms with Gasteiger partial charge in [-0.15, -0.1) is 0 Å². The monoisotopic (exact) mass is 345 g/mol. The number of hydrogen-bond donors (Lipinski definition) is 1. The standard InChI is InChI=1S/C16H13BrFN3/c1-11-9-13(17)14(18)10-15(11)21-8-7-19-16(21)20-12-5-3-2-4-6-12/h2-10H,1H3,(H,19,20). The third kappa shape index (κ3) is 2.83. The summed E-state index contributed by atoms with van der Waals surface area (Å²) in [5.74, 6) is 0.348. The molecular weight excluding hydrogens is 333 g/mol. The molecule has 106 valence electrons. The molecule has 3 aromatic rings. The van der Waals surface area contributed by atoms with Gasteiger partial charge in [0.1, 0.15) is 5.82 Å². The number of halogens is 2. The first-order chi connectivity index (χ1) is 10.1. The quantitative estimate of drug-likeness (QED) is 0.736. The van der Waals surface area contributed by atoms with Crippen molar-refractivity contribution >= 4 is 27.6 Å². The second-order valence-electron chi connectivity index (χ2n) is 4.66. The van der Waals surface area contributed by atoms with Gasteiger partial charge in [0.2, 0.25) is 5.95 Å². The summed E-state index contributed by atoms with van der Waals surface area (Å²) >= 11 is 3.20. The van der Waals surface area contributed by atoms with E-state index in [9.17, 15) is 4.39 Å². The van der Waals surface area contributed by atoms with Gasteiger partial charge in [-0.3, -0.25) is 4.57 Å². The number of nitrogens with zero attached hydrogens (tertiary/aromatic N) is 2. The van der Waals surface area contributed by atoms with Gasteiger partial charge >= 0.3 is 0 Å². The molecule has 1 N–H and O–H groups in total. The first-order valence-electron chi connectivity index (χ1n) is 6.46. The van der Waals surface area contributed by atoms with Crippen LogP contribution in [0.3, 0.4) is 0 Å². The average molecular weight is 346 g/mol. The number of nitrogens with one attached hydrogen (secondary N) is 1. The Morgan fingerprint density at radius 2 is 1.95 bits per heavy atom. The summed E-state index contributed by atoms with van der Waals surface area (Å²) in [7, 11) is 0. The Balaban J connectivity index is 2.01. The Bertz CT molecular complexity index is 768. The van der Waals surface area contributed by atoms with Crippen LogP contribution >= 0.6 is 15.9 Å². The molecule has 0 atom stereocenters. The number of aryl methyl sites for hydroxylation is 1. The lowest BCUT2D eigenvalue weighted by Gasteiger charge is -2.13. The zero-order valence-electron chi connectivity index (χ0n) is 11.3. The minimum atomic E-state index is -0.296. The van der Waals surface area contributed by atoms with Crippen LogP contribution in [0, 0.1) is 12.7 Å². The van der Waals surface area contributed by atoms with Crippen molar-refractivity contribution in [3.8, 4) is 5.69 Å². The Kier molecular flexibility index (Phi) is 3.75. The van der Waals surface area contributed by atoms with Crippen molar-refractivity contribution in [2.75, 3.05) is 5.32 Å². The number of benzene rings is 2. The fraction of sp³-hybridized carbons (Fsp3) is 0.0625. The first kappa shape index (κ1) is 13.8. The first-order valence-corrected chi connectivity index (χ1v) is 7.26. The maximum Gasteiger partial charge on any atom is 0.212 e. The number of hydrogen-bond acceptors (Lipinski definition) is 2. The van der Waals surface area contributed by atoms with E-state index in [-0.39, 0.29) is 5.82 Å². The van der Waals surface area contributed by atoms with E-state index in [1.54, 1.807) is 18.5 Å². The van der Waals surface area contributed by atoms with Crippen LogP contribution in [0.1, 0.15) is 5.56 Å². The fourth-order valence-corrected chi connectivity index (χ4v) is 2.59. The Morgan fingerprint density at radius 3 is 2.71 bits per heavy atom. The maximum absolute atomic E-state index is 13.8. The molecule has 3 nitrogen and oxygen atoms in total. The van der Waals surface area contributed by atoms with Gasteiger partial charge in [-0.2, -0.15) is 0 Å². The van der Waals surface area contributed by atoms with Crippen molar-refractivity contribution in [3.63, 3.8) is 0 Å². The van der Waals surface area contributed by atoms with Gasteiger partial charge in [-0.1, -0.05) is 18.2 Å². The normalized spacial score (nSPS) is 10.6. The van der Waals surface area contributed by atoms with Gasteiger partial charge in [0.05, 0.1) is 10.2 Å². The highest BCUT2D eigenvalue weighted by Crippen LogP contribution is 2.26. The predicted octanol–water partition coefficient (Wildman–Crippen LogP) is 4.83. The molecule has 5 heteroatoms. The largest absolute Gasteiger partial charge is 0.325 e. The highest BCUT2D eigenvalue weighted by Gasteiger charge is 2.11. The minimum Gasteiger partial charge on any atom is -0.325 e. The van der Waals surface area contributed by atoms with E-state index in [1.807, 2.05) is 41.8 Å². The van der Waals surface area contributed by atoms with E-state index in [2.05, 4.69) is 26.2 Å². The Morgan fingerprint density at radius 1 is 1.19 bits per heavy atom. The number of aromatic nitrogens is 2. The summed E-state index contributed by atoms with van der Waals surface area (Å²) in [5.41, 5.74) is 2.64. The van der Waals surface area contributed by atoms with E-state index in [1.165, 1.54) is 6.07 Å². The van der Waals surface area contributed by atoms with Crippen LogP contribution in [0.5, 0.6) is 0 Å². The van der Waals surface area contributed by atoms with E-state index >= 15 is 0 Å². The number of para-hydroxylation sites is 1. The molecule has 0 amide bonds. The second-order valence-corrected chi connectivity index (χ2v) is 5.52. The molecule has 3 rings (SSSR count). The number of rotatable bonds is 3. The van der Waals surface area contributed by atoms with Gasteiger partial charge in [0.15, 0.2) is 0 Å². The van der Waals surface area contributed by atoms with E-state index in [0.29, 0.717) is 10.4 Å². The minimum absolute atomic E-state index is 0.296. The van der Waals surface area contributed by atoms with Crippen molar-refractivity contribution in [1.82, 2.24) is 9.55 Å². The highest BCUT2D eigenvalue weighted by molar-refractivity contribution is 9.10. The van der Waals surface area contributed by atoms with Crippen molar-refractivity contribution in [1.29, 1.82) is 0 Å². The topological polar surface area (TPSA) is 29.9 Å². The van der Waals surface area contributed by atoms with Crippen LogP contribution in [0.2, 0.25) is 0 Å². The summed E-state index contributed by atoms with van der Waals surface area (Å²) < 4.78 is 16.1. The summed E-state index contributed by atoms with van der Waals surface area (Å²) in [6.45, 7) is 1.94. The maximum atomic E-state index is 13.8. The number of anilines is 2. The highest BCUT2D eigenvalue weighted by atomic mass is 79.9. The average Bonchev–Trinajstić information content (AvgIpc) is 2.92. The summed E-state index contributed by atoms with van der Waals surface area (Å²) in [4.78, 5) is 4.30. The molecular formula is C16H13BrFN3. The van der Waals surface area contributed by atoms with E-state index in [0.717, 1.165) is 16.9 Å². The molecule has 0 fully saturated rings. The molecule has 0 aliphatic rings. The lowest BCUT2D eigenvalue weighted by atomic mass is 10.2. The van der Waals surface area contributed by atoms with E-state index in [4.69, 9.17) is 0 Å². The molecule has 0 radical (unpaired) electrons. The van der Waals surface area contributed by atoms with Crippen molar-refractivity contribution in [3.05, 3.63) is 70.7 Å². The Labute approximate surface area is 130 Å². The second kappa shape index (κ2) is 5.69. The summed E-state index contributed by atoms with van der Waals surface area (Å²) in [6.07, 6.45) is 3.49. The fourth-order valence-electron chi connectivity index (χ4n) is 2.14. The molecule has 0 unspecified atom stereocenters. The molecule has 0 spiro atoms. The van der Waals surface area contributed by atoms with Crippen LogP contribution in [0.15, 0.2) is 59.3 Å². The molecule has 21 heavy (non-hydrogen) atoms. The molecule has 0 saturated carbocycles. The van der Waals surface area contributed by atoms with Gasteiger partial charge in [0.25, 0.3) is 0 Å². The molecule has 0 bridgehead atoms. The van der Waals surface area contributed by atoms with E-state index < -0.39 is 0 Å². The lowest BCUT2D eigenvalue weighted by Crippen LogP contribution is -2.03. The van der Waals surface area contributed by atoms with Crippen LogP contribution < -0.4 is 5.32 Å². The Hall–Kier alpha value is -2.14. The van der Waals surface area contributed by atoms with Crippen LogP contribution in [-0.2, 0) is 0 Å². The zero-order chi connectivity index (χ0) is 14.8. The molecule has 2 aromatic carbocycles. The SMILES string of the molecule is Cc1cc(Br)c(F)cc1-n1ccnc1Nc1ccccc1. The molecule has 0 saturated heterocycles. The molecule has 0 aliphatic carbocycles. The van der Waals surface area contributed by atoms with Crippen LogP contribution in [-0.4, -0.2) is 9.55 Å². The molecule has 1 heterocycles. The summed E-state index contributed by atoms with van der Waals surface area (Å²) in [6, 6.07) is 13.0. The molecule has 1 aromatic heterocycles. The third-order valence-electron chi connectivity index (χ3n) is 3.17. The van der Waals surface area contributed by atoms with Gasteiger partial charge in [-0.25, -0.2) is 9.37 Å². The molecule has 0 aliphatic heterocycles. The number of imidazole rings is 1. The zero-order valence-corrected chi connectivity index (χ0v) is 12.9. The van der Waals surface area contributed by atoms with Gasteiger partial charge < -0.3 is 5.32 Å². The van der Waals surface area contributed by atoms with Crippen molar-refractivity contribution in [2.45, 2.75) is 6.92 Å². The summed E-state index contributed by atoms with van der Waals surface area (Å²) in [5, 5.41) is 3.23. The van der Waals surface area contributed by atoms with Crippen LogP contribution in [0.4, 0.5) is 16.0 Å². The van der Waals surface area contributed by atoms with Crippen LogP contribution in [0.25, 0.3) is 5.69 Å². The lowest BCUT2D eigenvalue weighted by molar-refractivity contribution is 0.619.